The van der Waals surface area contributed by atoms with Crippen molar-refractivity contribution in [3.8, 4) is 0 Å². The van der Waals surface area contributed by atoms with Crippen molar-refractivity contribution in [3.05, 3.63) is 17.0 Å². The van der Waals surface area contributed by atoms with Gasteiger partial charge in [0.05, 0.1) is 5.69 Å². The summed E-state index contributed by atoms with van der Waals surface area (Å²) >= 11 is 0. The molecule has 1 N–H and O–H groups in total. The first-order chi connectivity index (χ1) is 12.1. The van der Waals surface area contributed by atoms with Gasteiger partial charge in [0, 0.05) is 50.4 Å². The van der Waals surface area contributed by atoms with Gasteiger partial charge < -0.3 is 14.6 Å². The maximum Gasteiger partial charge on any atom is 0.223 e. The molecule has 2 aliphatic rings. The Kier molecular flexibility index (Phi) is 6.12. The van der Waals surface area contributed by atoms with E-state index < -0.39 is 0 Å². The van der Waals surface area contributed by atoms with Crippen LogP contribution in [0.3, 0.4) is 0 Å². The molecule has 2 aliphatic heterocycles. The average molecular weight is 349 g/mol. The zero-order valence-corrected chi connectivity index (χ0v) is 15.7. The average Bonchev–Trinajstić information content (AvgIpc) is 3.14. The van der Waals surface area contributed by atoms with Crippen molar-refractivity contribution in [3.63, 3.8) is 0 Å². The largest absolute Gasteiger partial charge is 0.381 e. The predicted octanol–water partition coefficient (Wildman–Crippen LogP) is 2.43. The maximum atomic E-state index is 12.6. The van der Waals surface area contributed by atoms with E-state index in [1.165, 1.54) is 5.56 Å². The smallest absolute Gasteiger partial charge is 0.223 e. The van der Waals surface area contributed by atoms with Gasteiger partial charge in [-0.3, -0.25) is 9.69 Å². The van der Waals surface area contributed by atoms with Crippen LogP contribution in [-0.2, 0) is 16.1 Å². The second-order valence-corrected chi connectivity index (χ2v) is 7.55. The summed E-state index contributed by atoms with van der Waals surface area (Å²) in [6.45, 7) is 10.4. The number of aryl methyl sites for hydroxylation is 2. The molecule has 2 atom stereocenters. The molecule has 0 radical (unpaired) electrons. The highest BCUT2D eigenvalue weighted by Crippen LogP contribution is 2.26. The quantitative estimate of drug-likeness (QED) is 0.854. The number of amides is 1. The van der Waals surface area contributed by atoms with Crippen LogP contribution in [0.4, 0.5) is 0 Å². The summed E-state index contributed by atoms with van der Waals surface area (Å²) < 4.78 is 10.7. The molecule has 25 heavy (non-hydrogen) atoms. The van der Waals surface area contributed by atoms with E-state index >= 15 is 0 Å². The van der Waals surface area contributed by atoms with E-state index in [9.17, 15) is 4.79 Å². The number of ether oxygens (including phenoxy) is 1. The molecule has 1 amide bonds. The van der Waals surface area contributed by atoms with Gasteiger partial charge in [0.2, 0.25) is 5.91 Å². The molecular weight excluding hydrogens is 318 g/mol. The molecule has 0 bridgehead atoms. The summed E-state index contributed by atoms with van der Waals surface area (Å²) in [5.41, 5.74) is 2.16. The lowest BCUT2D eigenvalue weighted by Crippen LogP contribution is -2.44. The molecule has 0 spiro atoms. The molecule has 1 aromatic rings. The van der Waals surface area contributed by atoms with E-state index in [-0.39, 0.29) is 17.9 Å². The highest BCUT2D eigenvalue weighted by molar-refractivity contribution is 5.79. The van der Waals surface area contributed by atoms with Gasteiger partial charge in [-0.05, 0) is 39.0 Å². The minimum atomic E-state index is 0.118. The van der Waals surface area contributed by atoms with Crippen molar-refractivity contribution in [2.24, 2.45) is 11.8 Å². The molecule has 1 aromatic heterocycles. The fourth-order valence-corrected chi connectivity index (χ4v) is 4.13. The van der Waals surface area contributed by atoms with Gasteiger partial charge in [0.1, 0.15) is 5.76 Å². The Balaban J connectivity index is 1.60. The molecule has 3 heterocycles. The summed E-state index contributed by atoms with van der Waals surface area (Å²) in [7, 11) is 0. The highest BCUT2D eigenvalue weighted by atomic mass is 16.5. The summed E-state index contributed by atoms with van der Waals surface area (Å²) in [6.07, 6.45) is 3.99. The summed E-state index contributed by atoms with van der Waals surface area (Å²) in [5, 5.41) is 7.41. The fourth-order valence-electron chi connectivity index (χ4n) is 4.13. The van der Waals surface area contributed by atoms with Crippen molar-refractivity contribution in [2.45, 2.75) is 59.0 Å². The SMILES string of the molecule is CCC[C@H]1CN(Cc2c(C)noc2C)C[C@@H]1NC(=O)C1CCOCC1. The number of nitrogens with zero attached hydrogens (tertiary/aromatic N) is 2. The van der Waals surface area contributed by atoms with Crippen LogP contribution in [0.1, 0.15) is 49.6 Å². The van der Waals surface area contributed by atoms with Crippen LogP contribution in [0.5, 0.6) is 0 Å². The number of carbonyl (C=O) groups is 1. The number of hydrogen-bond acceptors (Lipinski definition) is 5. The molecule has 0 saturated carbocycles. The van der Waals surface area contributed by atoms with Gasteiger partial charge in [-0.1, -0.05) is 18.5 Å². The third-order valence-corrected chi connectivity index (χ3v) is 5.66. The van der Waals surface area contributed by atoms with E-state index in [1.807, 2.05) is 13.8 Å². The first-order valence-corrected chi connectivity index (χ1v) is 9.60. The zero-order valence-electron chi connectivity index (χ0n) is 15.7. The van der Waals surface area contributed by atoms with Gasteiger partial charge in [-0.2, -0.15) is 0 Å². The predicted molar refractivity (Wildman–Crippen MR) is 95.1 cm³/mol. The normalized spacial score (nSPS) is 25.4. The van der Waals surface area contributed by atoms with Gasteiger partial charge in [-0.25, -0.2) is 0 Å². The monoisotopic (exact) mass is 349 g/mol. The van der Waals surface area contributed by atoms with Crippen LogP contribution in [0, 0.1) is 25.7 Å². The topological polar surface area (TPSA) is 67.6 Å². The first-order valence-electron chi connectivity index (χ1n) is 9.60. The lowest BCUT2D eigenvalue weighted by Gasteiger charge is -2.25. The van der Waals surface area contributed by atoms with Crippen LogP contribution in [-0.4, -0.2) is 48.3 Å². The minimum Gasteiger partial charge on any atom is -0.381 e. The van der Waals surface area contributed by atoms with Crippen LogP contribution < -0.4 is 5.32 Å². The number of rotatable bonds is 6. The van der Waals surface area contributed by atoms with Gasteiger partial charge in [-0.15, -0.1) is 0 Å². The van der Waals surface area contributed by atoms with Crippen molar-refractivity contribution in [2.75, 3.05) is 26.3 Å². The van der Waals surface area contributed by atoms with E-state index in [2.05, 4.69) is 22.3 Å². The Hall–Kier alpha value is -1.40. The third-order valence-electron chi connectivity index (χ3n) is 5.66. The van der Waals surface area contributed by atoms with Gasteiger partial charge >= 0.3 is 0 Å². The highest BCUT2D eigenvalue weighted by Gasteiger charge is 2.35. The summed E-state index contributed by atoms with van der Waals surface area (Å²) in [5.74, 6) is 1.76. The van der Waals surface area contributed by atoms with Crippen molar-refractivity contribution < 1.29 is 14.1 Å². The molecule has 2 saturated heterocycles. The Morgan fingerprint density at radius 1 is 1.28 bits per heavy atom. The van der Waals surface area contributed by atoms with E-state index in [4.69, 9.17) is 9.26 Å². The number of nitrogens with one attached hydrogen (secondary N) is 1. The fraction of sp³-hybridized carbons (Fsp3) is 0.789. The van der Waals surface area contributed by atoms with Crippen LogP contribution >= 0.6 is 0 Å². The molecule has 3 rings (SSSR count). The maximum absolute atomic E-state index is 12.6. The number of hydrogen-bond donors (Lipinski definition) is 1. The van der Waals surface area contributed by atoms with Crippen molar-refractivity contribution in [1.29, 1.82) is 0 Å². The standard InChI is InChI=1S/C19H31N3O3/c1-4-5-16-10-22(11-17-13(2)21-25-14(17)3)12-18(16)20-19(23)15-6-8-24-9-7-15/h15-16,18H,4-12H2,1-3H3,(H,20,23)/t16-,18-/m0/s1. The van der Waals surface area contributed by atoms with Crippen molar-refractivity contribution >= 4 is 5.91 Å². The Morgan fingerprint density at radius 3 is 2.68 bits per heavy atom. The Morgan fingerprint density at radius 2 is 2.04 bits per heavy atom. The second-order valence-electron chi connectivity index (χ2n) is 7.55. The summed E-state index contributed by atoms with van der Waals surface area (Å²) in [6, 6.07) is 0.246. The van der Waals surface area contributed by atoms with E-state index in [1.54, 1.807) is 0 Å². The first kappa shape index (κ1) is 18.4. The van der Waals surface area contributed by atoms with Crippen LogP contribution in [0.15, 0.2) is 4.52 Å². The lowest BCUT2D eigenvalue weighted by atomic mass is 9.95. The third kappa shape index (κ3) is 4.42. The molecule has 6 heteroatoms. The zero-order chi connectivity index (χ0) is 17.8. The Bertz CT molecular complexity index is 561. The number of carbonyl (C=O) groups excluding carboxylic acids is 1. The minimum absolute atomic E-state index is 0.118. The lowest BCUT2D eigenvalue weighted by molar-refractivity contribution is -0.128. The number of aromatic nitrogens is 1. The molecule has 140 valence electrons. The molecule has 0 unspecified atom stereocenters. The van der Waals surface area contributed by atoms with E-state index in [0.29, 0.717) is 19.1 Å². The van der Waals surface area contributed by atoms with Crippen LogP contribution in [0.2, 0.25) is 0 Å². The van der Waals surface area contributed by atoms with Gasteiger partial charge in [0.25, 0.3) is 0 Å². The second kappa shape index (κ2) is 8.32. The molecule has 0 aliphatic carbocycles. The summed E-state index contributed by atoms with van der Waals surface area (Å²) in [4.78, 5) is 15.1. The molecule has 6 nitrogen and oxygen atoms in total. The van der Waals surface area contributed by atoms with Gasteiger partial charge in [0.15, 0.2) is 0 Å². The molecule has 2 fully saturated rings. The van der Waals surface area contributed by atoms with Crippen molar-refractivity contribution in [1.82, 2.24) is 15.4 Å². The Labute approximate surface area is 150 Å². The van der Waals surface area contributed by atoms with E-state index in [0.717, 1.165) is 56.8 Å². The van der Waals surface area contributed by atoms with Crippen LogP contribution in [0.25, 0.3) is 0 Å². The number of likely N-dealkylation sites (tertiary alicyclic amines) is 1. The molecule has 0 aromatic carbocycles. The molecular formula is C19H31N3O3.